The first kappa shape index (κ1) is 28.6. The van der Waals surface area contributed by atoms with Crippen LogP contribution in [0.25, 0.3) is 0 Å². The molecule has 1 rings (SSSR count). The van der Waals surface area contributed by atoms with Gasteiger partial charge in [-0.05, 0) is 31.7 Å². The number of hydrogen-bond acceptors (Lipinski definition) is 5. The Balaban J connectivity index is 2.28. The number of ether oxygens (including phenoxy) is 2. The van der Waals surface area contributed by atoms with Crippen LogP contribution >= 0.6 is 0 Å². The maximum absolute atomic E-state index is 11.3. The number of carbonyl (C=O) groups is 1. The van der Waals surface area contributed by atoms with Crippen LogP contribution in [0.5, 0.6) is 0 Å². The highest BCUT2D eigenvalue weighted by Crippen LogP contribution is 2.19. The minimum absolute atomic E-state index is 0.0420. The summed E-state index contributed by atoms with van der Waals surface area (Å²) in [7, 11) is 0. The molecule has 0 aliphatic heterocycles. The SMILES string of the molecule is CCCCCC[C@H](CC(O)C(O)CCCCCCCC(=O)OCC)OCc1ccccc1. The smallest absolute Gasteiger partial charge is 0.305 e. The number of esters is 1. The van der Waals surface area contributed by atoms with Gasteiger partial charge in [-0.25, -0.2) is 0 Å². The molecular formula is C27H46O5. The zero-order chi connectivity index (χ0) is 23.4. The summed E-state index contributed by atoms with van der Waals surface area (Å²) in [5, 5.41) is 21.0. The summed E-state index contributed by atoms with van der Waals surface area (Å²) in [6.07, 6.45) is 10.4. The molecule has 1 aromatic carbocycles. The lowest BCUT2D eigenvalue weighted by Gasteiger charge is -2.24. The molecular weight excluding hydrogens is 404 g/mol. The molecule has 0 bridgehead atoms. The van der Waals surface area contributed by atoms with Crippen LogP contribution in [0.3, 0.4) is 0 Å². The Morgan fingerprint density at radius 3 is 2.22 bits per heavy atom. The topological polar surface area (TPSA) is 76.0 Å². The van der Waals surface area contributed by atoms with E-state index in [9.17, 15) is 15.0 Å². The lowest BCUT2D eigenvalue weighted by Crippen LogP contribution is -2.31. The van der Waals surface area contributed by atoms with E-state index in [0.29, 0.717) is 32.5 Å². The second-order valence-corrected chi connectivity index (χ2v) is 8.75. The number of benzene rings is 1. The van der Waals surface area contributed by atoms with Crippen LogP contribution < -0.4 is 0 Å². The summed E-state index contributed by atoms with van der Waals surface area (Å²) in [6.45, 7) is 5.00. The van der Waals surface area contributed by atoms with Crippen LogP contribution in [0.1, 0.15) is 103 Å². The molecule has 5 nitrogen and oxygen atoms in total. The number of aliphatic hydroxyl groups excluding tert-OH is 2. The number of rotatable bonds is 20. The Bertz CT molecular complexity index is 562. The van der Waals surface area contributed by atoms with Crippen molar-refractivity contribution < 1.29 is 24.5 Å². The van der Waals surface area contributed by atoms with Crippen LogP contribution in [0.4, 0.5) is 0 Å². The maximum atomic E-state index is 11.3. The van der Waals surface area contributed by atoms with Gasteiger partial charge in [0.15, 0.2) is 0 Å². The highest BCUT2D eigenvalue weighted by atomic mass is 16.5. The van der Waals surface area contributed by atoms with E-state index in [2.05, 4.69) is 6.92 Å². The molecule has 0 radical (unpaired) electrons. The highest BCUT2D eigenvalue weighted by molar-refractivity contribution is 5.69. The van der Waals surface area contributed by atoms with E-state index in [1.165, 1.54) is 19.3 Å². The van der Waals surface area contributed by atoms with E-state index in [0.717, 1.165) is 50.5 Å². The Kier molecular flexibility index (Phi) is 17.1. The van der Waals surface area contributed by atoms with Gasteiger partial charge in [0.2, 0.25) is 0 Å². The van der Waals surface area contributed by atoms with E-state index in [1.54, 1.807) is 0 Å². The van der Waals surface area contributed by atoms with Gasteiger partial charge in [-0.3, -0.25) is 4.79 Å². The average molecular weight is 451 g/mol. The van der Waals surface area contributed by atoms with E-state index in [1.807, 2.05) is 37.3 Å². The van der Waals surface area contributed by atoms with E-state index in [4.69, 9.17) is 9.47 Å². The molecule has 2 unspecified atom stereocenters. The van der Waals surface area contributed by atoms with Crippen molar-refractivity contribution in [3.05, 3.63) is 35.9 Å². The van der Waals surface area contributed by atoms with Crippen molar-refractivity contribution in [2.45, 2.75) is 122 Å². The molecule has 3 atom stereocenters. The molecule has 1 aromatic rings. The van der Waals surface area contributed by atoms with Crippen molar-refractivity contribution in [2.75, 3.05) is 6.61 Å². The molecule has 0 aliphatic carbocycles. The van der Waals surface area contributed by atoms with Crippen LogP contribution in [0, 0.1) is 0 Å². The molecule has 0 aliphatic rings. The van der Waals surface area contributed by atoms with Gasteiger partial charge in [0.05, 0.1) is 31.5 Å². The maximum Gasteiger partial charge on any atom is 0.305 e. The second-order valence-electron chi connectivity index (χ2n) is 8.75. The van der Waals surface area contributed by atoms with E-state index in [-0.39, 0.29) is 12.1 Å². The number of carbonyl (C=O) groups excluding carboxylic acids is 1. The van der Waals surface area contributed by atoms with Crippen LogP contribution in [-0.2, 0) is 20.9 Å². The minimum Gasteiger partial charge on any atom is -0.466 e. The molecule has 184 valence electrons. The van der Waals surface area contributed by atoms with Gasteiger partial charge in [0, 0.05) is 12.8 Å². The van der Waals surface area contributed by atoms with Crippen LogP contribution in [0.15, 0.2) is 30.3 Å². The number of hydrogen-bond donors (Lipinski definition) is 2. The van der Waals surface area contributed by atoms with Crippen molar-refractivity contribution in [1.29, 1.82) is 0 Å². The van der Waals surface area contributed by atoms with Gasteiger partial charge in [0.1, 0.15) is 0 Å². The summed E-state index contributed by atoms with van der Waals surface area (Å²) in [4.78, 5) is 11.3. The molecule has 0 saturated carbocycles. The summed E-state index contributed by atoms with van der Waals surface area (Å²) >= 11 is 0. The van der Waals surface area contributed by atoms with Gasteiger partial charge in [0.25, 0.3) is 0 Å². The van der Waals surface area contributed by atoms with Gasteiger partial charge < -0.3 is 19.7 Å². The fourth-order valence-electron chi connectivity index (χ4n) is 3.86. The fraction of sp³-hybridized carbons (Fsp3) is 0.741. The summed E-state index contributed by atoms with van der Waals surface area (Å²) in [5.41, 5.74) is 1.13. The summed E-state index contributed by atoms with van der Waals surface area (Å²) in [6, 6.07) is 10.1. The van der Waals surface area contributed by atoms with Gasteiger partial charge in [-0.2, -0.15) is 0 Å². The number of unbranched alkanes of at least 4 members (excludes halogenated alkanes) is 7. The summed E-state index contributed by atoms with van der Waals surface area (Å²) < 4.78 is 11.1. The quantitative estimate of drug-likeness (QED) is 0.190. The fourth-order valence-corrected chi connectivity index (χ4v) is 3.86. The van der Waals surface area contributed by atoms with E-state index >= 15 is 0 Å². The zero-order valence-electron chi connectivity index (χ0n) is 20.3. The number of aliphatic hydroxyl groups is 2. The molecule has 32 heavy (non-hydrogen) atoms. The largest absolute Gasteiger partial charge is 0.466 e. The molecule has 0 saturated heterocycles. The first-order chi connectivity index (χ1) is 15.6. The standard InChI is InChI=1S/C27H46O5/c1-3-5-6-13-18-24(32-22-23-16-11-10-12-17-23)21-26(29)25(28)19-14-8-7-9-15-20-27(30)31-4-2/h10-12,16-17,24-26,28-29H,3-9,13-15,18-22H2,1-2H3/t24-,25?,26?/m1/s1. The van der Waals surface area contributed by atoms with E-state index < -0.39 is 12.2 Å². The Labute approximate surface area is 195 Å². The summed E-state index contributed by atoms with van der Waals surface area (Å²) in [5.74, 6) is -0.121. The zero-order valence-corrected chi connectivity index (χ0v) is 20.3. The third-order valence-electron chi connectivity index (χ3n) is 5.84. The third-order valence-corrected chi connectivity index (χ3v) is 5.84. The van der Waals surface area contributed by atoms with Crippen molar-refractivity contribution >= 4 is 5.97 Å². The highest BCUT2D eigenvalue weighted by Gasteiger charge is 2.21. The molecule has 0 fully saturated rings. The molecule has 2 N–H and O–H groups in total. The van der Waals surface area contributed by atoms with Crippen LogP contribution in [-0.4, -0.2) is 41.1 Å². The van der Waals surface area contributed by atoms with Crippen molar-refractivity contribution in [3.8, 4) is 0 Å². The molecule has 0 amide bonds. The minimum atomic E-state index is -0.759. The Hall–Kier alpha value is -1.43. The third kappa shape index (κ3) is 14.6. The predicted molar refractivity (Wildman–Crippen MR) is 129 cm³/mol. The average Bonchev–Trinajstić information content (AvgIpc) is 2.80. The van der Waals surface area contributed by atoms with Gasteiger partial charge in [-0.15, -0.1) is 0 Å². The lowest BCUT2D eigenvalue weighted by atomic mass is 9.98. The van der Waals surface area contributed by atoms with Gasteiger partial charge in [-0.1, -0.05) is 88.6 Å². The van der Waals surface area contributed by atoms with Crippen molar-refractivity contribution in [1.82, 2.24) is 0 Å². The first-order valence-corrected chi connectivity index (χ1v) is 12.7. The van der Waals surface area contributed by atoms with Gasteiger partial charge >= 0.3 is 5.97 Å². The molecule has 0 heterocycles. The molecule has 5 heteroatoms. The Morgan fingerprint density at radius 1 is 0.844 bits per heavy atom. The van der Waals surface area contributed by atoms with Crippen LogP contribution in [0.2, 0.25) is 0 Å². The van der Waals surface area contributed by atoms with Crippen molar-refractivity contribution in [2.24, 2.45) is 0 Å². The molecule has 0 spiro atoms. The predicted octanol–water partition coefficient (Wildman–Crippen LogP) is 5.95. The normalized spacial score (nSPS) is 14.1. The lowest BCUT2D eigenvalue weighted by molar-refractivity contribution is -0.143. The second kappa shape index (κ2) is 19.1. The van der Waals surface area contributed by atoms with Crippen molar-refractivity contribution in [3.63, 3.8) is 0 Å². The first-order valence-electron chi connectivity index (χ1n) is 12.7. The monoisotopic (exact) mass is 450 g/mol. The Morgan fingerprint density at radius 2 is 1.50 bits per heavy atom. The molecule has 0 aromatic heterocycles.